The Morgan fingerprint density at radius 1 is 1.03 bits per heavy atom. The molecule has 1 amide bonds. The molecule has 0 aliphatic carbocycles. The number of benzene rings is 1. The zero-order chi connectivity index (χ0) is 26.7. The SMILES string of the molecule is CCC(CC)CNc1ncc2c(-c3ccc(CN4CCN(CCCCCCC(N)=O)CC4)cc3)c[nH]c2n1. The van der Waals surface area contributed by atoms with E-state index in [1.54, 1.807) is 0 Å². The van der Waals surface area contributed by atoms with Gasteiger partial charge in [0.1, 0.15) is 5.65 Å². The summed E-state index contributed by atoms with van der Waals surface area (Å²) < 4.78 is 0. The molecule has 0 radical (unpaired) electrons. The minimum atomic E-state index is -0.183. The van der Waals surface area contributed by atoms with Crippen molar-refractivity contribution in [1.82, 2.24) is 24.8 Å². The van der Waals surface area contributed by atoms with Crippen LogP contribution in [0.25, 0.3) is 22.2 Å². The summed E-state index contributed by atoms with van der Waals surface area (Å²) in [6.07, 6.45) is 11.2. The van der Waals surface area contributed by atoms with Crippen molar-refractivity contribution in [2.45, 2.75) is 65.3 Å². The summed E-state index contributed by atoms with van der Waals surface area (Å²) in [4.78, 5) is 28.5. The first-order chi connectivity index (χ1) is 18.6. The Morgan fingerprint density at radius 3 is 2.45 bits per heavy atom. The van der Waals surface area contributed by atoms with E-state index in [0.717, 1.165) is 88.1 Å². The molecule has 206 valence electrons. The summed E-state index contributed by atoms with van der Waals surface area (Å²) >= 11 is 0. The second-order valence-corrected chi connectivity index (χ2v) is 10.7. The van der Waals surface area contributed by atoms with Crippen molar-refractivity contribution < 1.29 is 4.79 Å². The average molecular weight is 520 g/mol. The number of carbonyl (C=O) groups is 1. The molecule has 8 nitrogen and oxygen atoms in total. The largest absolute Gasteiger partial charge is 0.370 e. The smallest absolute Gasteiger partial charge is 0.224 e. The second kappa shape index (κ2) is 14.3. The van der Waals surface area contributed by atoms with Crippen LogP contribution in [0.2, 0.25) is 0 Å². The summed E-state index contributed by atoms with van der Waals surface area (Å²) in [6.45, 7) is 12.0. The van der Waals surface area contributed by atoms with Crippen LogP contribution in [0.4, 0.5) is 5.95 Å². The van der Waals surface area contributed by atoms with Crippen LogP contribution in [-0.4, -0.2) is 69.9 Å². The first kappa shape index (κ1) is 28.0. The lowest BCUT2D eigenvalue weighted by Crippen LogP contribution is -2.46. The van der Waals surface area contributed by atoms with Gasteiger partial charge in [-0.15, -0.1) is 0 Å². The van der Waals surface area contributed by atoms with E-state index in [-0.39, 0.29) is 5.91 Å². The first-order valence-electron chi connectivity index (χ1n) is 14.5. The van der Waals surface area contributed by atoms with Gasteiger partial charge in [0.15, 0.2) is 0 Å². The minimum Gasteiger partial charge on any atom is -0.370 e. The molecule has 2 aromatic heterocycles. The Morgan fingerprint density at radius 2 is 1.74 bits per heavy atom. The molecule has 0 bridgehead atoms. The molecule has 1 aliphatic heterocycles. The topological polar surface area (TPSA) is 103 Å². The van der Waals surface area contributed by atoms with Crippen LogP contribution in [0.5, 0.6) is 0 Å². The number of nitrogens with two attached hydrogens (primary N) is 1. The van der Waals surface area contributed by atoms with E-state index in [9.17, 15) is 4.79 Å². The number of hydrogen-bond acceptors (Lipinski definition) is 6. The number of aromatic nitrogens is 3. The van der Waals surface area contributed by atoms with Gasteiger partial charge in [0.2, 0.25) is 11.9 Å². The molecular formula is C30H45N7O. The molecule has 8 heteroatoms. The number of primary amides is 1. The normalized spacial score (nSPS) is 14.9. The van der Waals surface area contributed by atoms with Gasteiger partial charge in [-0.1, -0.05) is 63.8 Å². The maximum absolute atomic E-state index is 10.8. The van der Waals surface area contributed by atoms with Crippen LogP contribution in [-0.2, 0) is 11.3 Å². The highest BCUT2D eigenvalue weighted by atomic mass is 16.1. The van der Waals surface area contributed by atoms with Gasteiger partial charge in [0, 0.05) is 69.0 Å². The first-order valence-corrected chi connectivity index (χ1v) is 14.5. The number of aromatic amines is 1. The number of anilines is 1. The van der Waals surface area contributed by atoms with Crippen molar-refractivity contribution in [2.75, 3.05) is 44.6 Å². The fourth-order valence-corrected chi connectivity index (χ4v) is 5.25. The molecule has 4 rings (SSSR count). The summed E-state index contributed by atoms with van der Waals surface area (Å²) in [7, 11) is 0. The average Bonchev–Trinajstić information content (AvgIpc) is 3.36. The van der Waals surface area contributed by atoms with E-state index in [4.69, 9.17) is 10.7 Å². The van der Waals surface area contributed by atoms with Crippen LogP contribution in [0.3, 0.4) is 0 Å². The third-order valence-electron chi connectivity index (χ3n) is 7.92. The maximum Gasteiger partial charge on any atom is 0.224 e. The summed E-state index contributed by atoms with van der Waals surface area (Å²) in [6, 6.07) is 8.93. The van der Waals surface area contributed by atoms with Gasteiger partial charge in [0.25, 0.3) is 0 Å². The molecule has 3 aromatic rings. The van der Waals surface area contributed by atoms with E-state index in [0.29, 0.717) is 18.3 Å². The van der Waals surface area contributed by atoms with Crippen molar-refractivity contribution in [3.8, 4) is 11.1 Å². The van der Waals surface area contributed by atoms with Gasteiger partial charge in [-0.2, -0.15) is 4.98 Å². The molecule has 38 heavy (non-hydrogen) atoms. The van der Waals surface area contributed by atoms with Crippen molar-refractivity contribution >= 4 is 22.9 Å². The standard InChI is InChI=1S/C30H45N7O/c1-3-23(4-2)19-33-30-34-21-27-26(20-32-29(27)35-30)25-12-10-24(11-13-25)22-37-17-15-36(16-18-37)14-8-6-5-7-9-28(31)38/h10-13,20-21,23H,3-9,14-19,22H2,1-2H3,(H2,31,38)(H2,32,33,34,35). The van der Waals surface area contributed by atoms with Crippen molar-refractivity contribution in [2.24, 2.45) is 11.7 Å². The second-order valence-electron chi connectivity index (χ2n) is 10.7. The van der Waals surface area contributed by atoms with Gasteiger partial charge in [-0.05, 0) is 36.4 Å². The minimum absolute atomic E-state index is 0.183. The number of nitrogens with zero attached hydrogens (tertiary/aromatic N) is 4. The monoisotopic (exact) mass is 519 g/mol. The van der Waals surface area contributed by atoms with E-state index in [2.05, 4.69) is 63.2 Å². The molecule has 1 aromatic carbocycles. The van der Waals surface area contributed by atoms with E-state index < -0.39 is 0 Å². The third kappa shape index (κ3) is 8.01. The van der Waals surface area contributed by atoms with Gasteiger partial charge in [0.05, 0.1) is 0 Å². The van der Waals surface area contributed by atoms with Crippen LogP contribution < -0.4 is 11.1 Å². The number of piperazine rings is 1. The number of nitrogens with one attached hydrogen (secondary N) is 2. The molecule has 4 N–H and O–H groups in total. The molecule has 1 saturated heterocycles. The van der Waals surface area contributed by atoms with Crippen molar-refractivity contribution in [1.29, 1.82) is 0 Å². The Kier molecular flexibility index (Phi) is 10.5. The highest BCUT2D eigenvalue weighted by Crippen LogP contribution is 2.28. The Labute approximate surface area is 227 Å². The Hall–Kier alpha value is -2.97. The van der Waals surface area contributed by atoms with Gasteiger partial charge in [-0.3, -0.25) is 9.69 Å². The van der Waals surface area contributed by atoms with Crippen molar-refractivity contribution in [3.63, 3.8) is 0 Å². The Balaban J connectivity index is 1.23. The molecule has 3 heterocycles. The van der Waals surface area contributed by atoms with E-state index in [1.807, 2.05) is 12.4 Å². The molecule has 0 spiro atoms. The Bertz CT molecular complexity index is 1130. The maximum atomic E-state index is 10.8. The molecule has 0 saturated carbocycles. The van der Waals surface area contributed by atoms with Crippen LogP contribution in [0, 0.1) is 5.92 Å². The number of fused-ring (bicyclic) bond motifs is 1. The number of H-pyrrole nitrogens is 1. The lowest BCUT2D eigenvalue weighted by Gasteiger charge is -2.34. The van der Waals surface area contributed by atoms with Crippen LogP contribution >= 0.6 is 0 Å². The number of unbranched alkanes of at least 4 members (excludes halogenated alkanes) is 3. The fourth-order valence-electron chi connectivity index (χ4n) is 5.25. The highest BCUT2D eigenvalue weighted by molar-refractivity contribution is 5.93. The molecule has 1 aliphatic rings. The molecule has 0 unspecified atom stereocenters. The van der Waals surface area contributed by atoms with E-state index in [1.165, 1.54) is 24.0 Å². The van der Waals surface area contributed by atoms with E-state index >= 15 is 0 Å². The lowest BCUT2D eigenvalue weighted by atomic mass is 10.0. The summed E-state index contributed by atoms with van der Waals surface area (Å²) in [5.41, 5.74) is 9.75. The fraction of sp³-hybridized carbons (Fsp3) is 0.567. The molecule has 1 fully saturated rings. The lowest BCUT2D eigenvalue weighted by molar-refractivity contribution is -0.118. The predicted octanol–water partition coefficient (Wildman–Crippen LogP) is 5.03. The third-order valence-corrected chi connectivity index (χ3v) is 7.92. The predicted molar refractivity (Wildman–Crippen MR) is 156 cm³/mol. The molecule has 0 atom stereocenters. The van der Waals surface area contributed by atoms with Crippen LogP contribution in [0.1, 0.15) is 64.4 Å². The number of rotatable bonds is 15. The van der Waals surface area contributed by atoms with Gasteiger partial charge >= 0.3 is 0 Å². The number of hydrogen-bond donors (Lipinski definition) is 3. The van der Waals surface area contributed by atoms with Gasteiger partial charge < -0.3 is 20.9 Å². The number of amides is 1. The number of carbonyl (C=O) groups excluding carboxylic acids is 1. The van der Waals surface area contributed by atoms with Crippen molar-refractivity contribution in [3.05, 3.63) is 42.2 Å². The zero-order valence-corrected chi connectivity index (χ0v) is 23.2. The summed E-state index contributed by atoms with van der Waals surface area (Å²) in [5, 5.41) is 4.44. The highest BCUT2D eigenvalue weighted by Gasteiger charge is 2.17. The zero-order valence-electron chi connectivity index (χ0n) is 23.2. The van der Waals surface area contributed by atoms with Gasteiger partial charge in [-0.25, -0.2) is 4.98 Å². The summed E-state index contributed by atoms with van der Waals surface area (Å²) in [5.74, 6) is 1.15. The quantitative estimate of drug-likeness (QED) is 0.244. The molecular weight excluding hydrogens is 474 g/mol. The van der Waals surface area contributed by atoms with Crippen LogP contribution in [0.15, 0.2) is 36.7 Å².